The summed E-state index contributed by atoms with van der Waals surface area (Å²) in [7, 11) is 1.59. The topological polar surface area (TPSA) is 116 Å². The molecule has 4 rings (SSSR count). The van der Waals surface area contributed by atoms with Crippen LogP contribution in [-0.4, -0.2) is 67.9 Å². The lowest BCUT2D eigenvalue weighted by atomic mass is 9.80. The van der Waals surface area contributed by atoms with E-state index >= 15 is 0 Å². The minimum absolute atomic E-state index is 0.120. The molecule has 2 heterocycles. The van der Waals surface area contributed by atoms with Crippen molar-refractivity contribution < 1.29 is 47.5 Å². The van der Waals surface area contributed by atoms with Crippen molar-refractivity contribution in [2.45, 2.75) is 76.0 Å². The lowest BCUT2D eigenvalue weighted by molar-refractivity contribution is -0.438. The molecule has 1 aromatic carbocycles. The average Bonchev–Trinajstić information content (AvgIpc) is 2.76. The maximum atomic E-state index is 12.0. The molecule has 7 atom stereocenters. The molecule has 33 heavy (non-hydrogen) atoms. The van der Waals surface area contributed by atoms with E-state index in [1.165, 1.54) is 20.8 Å². The zero-order valence-electron chi connectivity index (χ0n) is 19.0. The van der Waals surface area contributed by atoms with Crippen molar-refractivity contribution in [1.29, 1.82) is 0 Å². The second kappa shape index (κ2) is 9.28. The molecule has 1 spiro atoms. The minimum Gasteiger partial charge on any atom is -0.497 e. The third kappa shape index (κ3) is 4.55. The summed E-state index contributed by atoms with van der Waals surface area (Å²) in [4.78, 5) is 35.7. The summed E-state index contributed by atoms with van der Waals surface area (Å²) >= 11 is 0. The van der Waals surface area contributed by atoms with E-state index < -0.39 is 60.3 Å². The summed E-state index contributed by atoms with van der Waals surface area (Å²) < 4.78 is 40.7. The van der Waals surface area contributed by atoms with Crippen molar-refractivity contribution in [3.05, 3.63) is 29.8 Å². The Balaban J connectivity index is 1.71. The molecular formula is C23H28O10. The van der Waals surface area contributed by atoms with Gasteiger partial charge in [-0.05, 0) is 17.7 Å². The molecule has 180 valence electrons. The van der Waals surface area contributed by atoms with Crippen LogP contribution >= 0.6 is 0 Å². The Bertz CT molecular complexity index is 899. The molecule has 4 unspecified atom stereocenters. The van der Waals surface area contributed by atoms with E-state index in [0.29, 0.717) is 18.8 Å². The molecule has 2 aliphatic heterocycles. The number of benzene rings is 1. The predicted molar refractivity (Wildman–Crippen MR) is 110 cm³/mol. The fraction of sp³-hybridized carbons (Fsp3) is 0.609. The highest BCUT2D eigenvalue weighted by Gasteiger charge is 2.67. The van der Waals surface area contributed by atoms with Gasteiger partial charge in [0.2, 0.25) is 5.79 Å². The number of carbonyl (C=O) groups excluding carboxylic acids is 3. The number of esters is 3. The molecule has 0 N–H and O–H groups in total. The molecule has 2 saturated heterocycles. The molecule has 0 radical (unpaired) electrons. The van der Waals surface area contributed by atoms with Crippen LogP contribution in [0.1, 0.15) is 45.3 Å². The van der Waals surface area contributed by atoms with Crippen LogP contribution in [0.3, 0.4) is 0 Å². The number of hydrogen-bond donors (Lipinski definition) is 0. The molecule has 3 aliphatic rings. The molecule has 1 saturated carbocycles. The van der Waals surface area contributed by atoms with Crippen LogP contribution in [0, 0.1) is 0 Å². The Morgan fingerprint density at radius 1 is 0.970 bits per heavy atom. The van der Waals surface area contributed by atoms with Gasteiger partial charge < -0.3 is 33.2 Å². The summed E-state index contributed by atoms with van der Waals surface area (Å²) in [5, 5.41) is 0. The van der Waals surface area contributed by atoms with Crippen molar-refractivity contribution >= 4 is 17.9 Å². The third-order valence-corrected chi connectivity index (χ3v) is 6.03. The summed E-state index contributed by atoms with van der Waals surface area (Å²) in [5.41, 5.74) is 0.881. The van der Waals surface area contributed by atoms with Gasteiger partial charge in [-0.15, -0.1) is 0 Å². The first-order valence-electron chi connectivity index (χ1n) is 10.9. The van der Waals surface area contributed by atoms with E-state index in [2.05, 4.69) is 0 Å². The van der Waals surface area contributed by atoms with E-state index in [1.54, 1.807) is 7.11 Å². The number of carbonyl (C=O) groups is 3. The quantitative estimate of drug-likeness (QED) is 0.472. The molecule has 10 nitrogen and oxygen atoms in total. The van der Waals surface area contributed by atoms with Gasteiger partial charge in [0, 0.05) is 33.6 Å². The van der Waals surface area contributed by atoms with Gasteiger partial charge in [-0.2, -0.15) is 0 Å². The normalized spacial score (nSPS) is 35.0. The minimum atomic E-state index is -1.51. The van der Waals surface area contributed by atoms with Crippen molar-refractivity contribution in [3.8, 4) is 5.75 Å². The van der Waals surface area contributed by atoms with Crippen LogP contribution in [0.25, 0.3) is 0 Å². The lowest BCUT2D eigenvalue weighted by Gasteiger charge is -2.58. The average molecular weight is 464 g/mol. The second-order valence-corrected chi connectivity index (χ2v) is 8.32. The van der Waals surface area contributed by atoms with Crippen LogP contribution in [0.2, 0.25) is 0 Å². The maximum Gasteiger partial charge on any atom is 0.303 e. The van der Waals surface area contributed by atoms with E-state index in [9.17, 15) is 14.4 Å². The molecule has 10 heteroatoms. The zero-order valence-corrected chi connectivity index (χ0v) is 19.0. The summed E-state index contributed by atoms with van der Waals surface area (Å²) in [6.07, 6.45) is -4.16. The largest absolute Gasteiger partial charge is 0.497 e. The molecule has 1 aromatic rings. The van der Waals surface area contributed by atoms with Gasteiger partial charge in [-0.25, -0.2) is 0 Å². The van der Waals surface area contributed by atoms with Crippen molar-refractivity contribution in [3.63, 3.8) is 0 Å². The molecular weight excluding hydrogens is 436 g/mol. The summed E-state index contributed by atoms with van der Waals surface area (Å²) in [6, 6.07) is 7.46. The Labute approximate surface area is 191 Å². The third-order valence-electron chi connectivity index (χ3n) is 6.03. The Kier molecular flexibility index (Phi) is 6.60. The molecule has 1 aliphatic carbocycles. The van der Waals surface area contributed by atoms with Crippen molar-refractivity contribution in [2.75, 3.05) is 13.7 Å². The van der Waals surface area contributed by atoms with Gasteiger partial charge in [0.25, 0.3) is 0 Å². The molecule has 2 bridgehead atoms. The highest BCUT2D eigenvalue weighted by Crippen LogP contribution is 2.50. The first-order chi connectivity index (χ1) is 15.7. The molecule has 0 amide bonds. The fourth-order valence-electron chi connectivity index (χ4n) is 4.80. The highest BCUT2D eigenvalue weighted by atomic mass is 16.8. The first kappa shape index (κ1) is 23.5. The fourth-order valence-corrected chi connectivity index (χ4v) is 4.80. The number of methoxy groups -OCH3 is 1. The second-order valence-electron chi connectivity index (χ2n) is 8.32. The van der Waals surface area contributed by atoms with Gasteiger partial charge in [-0.3, -0.25) is 14.4 Å². The summed E-state index contributed by atoms with van der Waals surface area (Å²) in [5.74, 6) is -2.61. The van der Waals surface area contributed by atoms with Gasteiger partial charge >= 0.3 is 17.9 Å². The molecule has 3 fully saturated rings. The van der Waals surface area contributed by atoms with Crippen LogP contribution in [0.5, 0.6) is 5.75 Å². The number of hydrogen-bond acceptors (Lipinski definition) is 10. The van der Waals surface area contributed by atoms with Crippen molar-refractivity contribution in [2.24, 2.45) is 0 Å². The maximum absolute atomic E-state index is 12.0. The Morgan fingerprint density at radius 3 is 2.24 bits per heavy atom. The van der Waals surface area contributed by atoms with E-state index in [4.69, 9.17) is 33.2 Å². The van der Waals surface area contributed by atoms with Crippen LogP contribution in [0.4, 0.5) is 0 Å². The first-order valence-corrected chi connectivity index (χ1v) is 10.9. The van der Waals surface area contributed by atoms with Gasteiger partial charge in [0.05, 0.1) is 19.8 Å². The zero-order chi connectivity index (χ0) is 23.8. The summed E-state index contributed by atoms with van der Waals surface area (Å²) in [6.45, 7) is 4.03. The van der Waals surface area contributed by atoms with Crippen LogP contribution in [-0.2, 0) is 42.8 Å². The van der Waals surface area contributed by atoms with E-state index in [1.807, 2.05) is 24.3 Å². The van der Waals surface area contributed by atoms with Crippen LogP contribution in [0.15, 0.2) is 24.3 Å². The SMILES string of the molecule is COc1ccc([C@@H]2O[C@H]3CC(OC(C)=O)C(OC(C)=O)C(OC(C)=O)C34OCC[C@H]2O4)cc1. The highest BCUT2D eigenvalue weighted by molar-refractivity contribution is 5.68. The number of fused-ring (bicyclic) bond motifs is 1. The van der Waals surface area contributed by atoms with Crippen LogP contribution < -0.4 is 4.74 Å². The standard InChI is InChI=1S/C23H28O10/c1-12(24)29-18-11-19-23(22(31-14(3)26)21(18)30-13(2)25)28-10-9-17(33-23)20(32-19)15-5-7-16(27-4)8-6-15/h5-8,17-22H,9-11H2,1-4H3/t17-,18?,19+,20+,21?,22?,23?/m1/s1. The van der Waals surface area contributed by atoms with Crippen molar-refractivity contribution in [1.82, 2.24) is 0 Å². The Morgan fingerprint density at radius 2 is 1.64 bits per heavy atom. The molecule has 0 aromatic heterocycles. The van der Waals surface area contributed by atoms with E-state index in [0.717, 1.165) is 5.56 Å². The van der Waals surface area contributed by atoms with Gasteiger partial charge in [0.15, 0.2) is 12.2 Å². The lowest BCUT2D eigenvalue weighted by Crippen LogP contribution is -2.74. The number of rotatable bonds is 5. The van der Waals surface area contributed by atoms with Gasteiger partial charge in [-0.1, -0.05) is 12.1 Å². The smallest absolute Gasteiger partial charge is 0.303 e. The number of ether oxygens (including phenoxy) is 7. The Hall–Kier alpha value is -2.69. The monoisotopic (exact) mass is 464 g/mol. The van der Waals surface area contributed by atoms with E-state index in [-0.39, 0.29) is 6.42 Å². The van der Waals surface area contributed by atoms with Gasteiger partial charge in [0.1, 0.15) is 24.1 Å². The predicted octanol–water partition coefficient (Wildman–Crippen LogP) is 1.84.